The molecule has 3 aliphatic rings. The minimum atomic E-state index is -3.53. The summed E-state index contributed by atoms with van der Waals surface area (Å²) in [5.74, 6) is -2.61. The van der Waals surface area contributed by atoms with Crippen LogP contribution in [0.4, 0.5) is 22.0 Å². The first-order valence-electron chi connectivity index (χ1n) is 13.5. The Morgan fingerprint density at radius 1 is 0.765 bits per heavy atom. The summed E-state index contributed by atoms with van der Waals surface area (Å²) in [6.07, 6.45) is 11.9. The van der Waals surface area contributed by atoms with Gasteiger partial charge < -0.3 is 4.74 Å². The molecule has 0 N–H and O–H groups in total. The Balaban J connectivity index is 1.22. The molecule has 3 fully saturated rings. The molecular formula is C28H39F5O. The first-order valence-corrected chi connectivity index (χ1v) is 13.5. The van der Waals surface area contributed by atoms with E-state index >= 15 is 0 Å². The number of alkyl halides is 2. The molecule has 3 saturated carbocycles. The normalized spacial score (nSPS) is 32.6. The molecule has 1 nitrogen and oxygen atoms in total. The van der Waals surface area contributed by atoms with Gasteiger partial charge in [-0.2, -0.15) is 8.78 Å². The van der Waals surface area contributed by atoms with Crippen molar-refractivity contribution >= 4 is 0 Å². The van der Waals surface area contributed by atoms with Gasteiger partial charge in [-0.15, -0.1) is 0 Å². The van der Waals surface area contributed by atoms with E-state index in [9.17, 15) is 22.0 Å². The van der Waals surface area contributed by atoms with Crippen molar-refractivity contribution < 1.29 is 26.7 Å². The maximum atomic E-state index is 14.7. The van der Waals surface area contributed by atoms with Crippen LogP contribution >= 0.6 is 0 Å². The van der Waals surface area contributed by atoms with Gasteiger partial charge in [0, 0.05) is 12.1 Å². The SMILES string of the molecule is CCCCC1CCC(C2CCC(C3CCC(C(F)(F)Oc4cc(F)c(F)c(F)c4)CC3)CC2)C1. The molecule has 1 aromatic carbocycles. The van der Waals surface area contributed by atoms with E-state index < -0.39 is 35.2 Å². The van der Waals surface area contributed by atoms with Crippen LogP contribution in [-0.2, 0) is 0 Å². The van der Waals surface area contributed by atoms with E-state index in [1.54, 1.807) is 0 Å². The third kappa shape index (κ3) is 6.07. The van der Waals surface area contributed by atoms with Gasteiger partial charge in [0.2, 0.25) is 0 Å². The molecule has 6 heteroatoms. The van der Waals surface area contributed by atoms with Gasteiger partial charge in [-0.05, 0) is 93.8 Å². The van der Waals surface area contributed by atoms with Gasteiger partial charge in [0.15, 0.2) is 17.5 Å². The maximum Gasteiger partial charge on any atom is 0.400 e. The lowest BCUT2D eigenvalue weighted by Gasteiger charge is -2.40. The molecule has 0 spiro atoms. The second-order valence-electron chi connectivity index (χ2n) is 11.2. The van der Waals surface area contributed by atoms with Crippen molar-refractivity contribution in [1.82, 2.24) is 0 Å². The minimum absolute atomic E-state index is 0.339. The van der Waals surface area contributed by atoms with E-state index in [0.29, 0.717) is 36.8 Å². The van der Waals surface area contributed by atoms with Crippen molar-refractivity contribution in [3.63, 3.8) is 0 Å². The van der Waals surface area contributed by atoms with E-state index in [1.165, 1.54) is 64.2 Å². The van der Waals surface area contributed by atoms with Gasteiger partial charge in [-0.25, -0.2) is 13.2 Å². The highest BCUT2D eigenvalue weighted by Crippen LogP contribution is 2.49. The molecule has 4 rings (SSSR count). The average molecular weight is 487 g/mol. The Hall–Kier alpha value is -1.33. The number of hydrogen-bond acceptors (Lipinski definition) is 1. The zero-order valence-electron chi connectivity index (χ0n) is 20.3. The maximum absolute atomic E-state index is 14.7. The Kier molecular flexibility index (Phi) is 8.45. The topological polar surface area (TPSA) is 9.23 Å². The minimum Gasteiger partial charge on any atom is -0.432 e. The van der Waals surface area contributed by atoms with Crippen molar-refractivity contribution in [2.45, 2.75) is 103 Å². The van der Waals surface area contributed by atoms with E-state index in [2.05, 4.69) is 11.7 Å². The zero-order chi connectivity index (χ0) is 24.3. The third-order valence-electron chi connectivity index (χ3n) is 9.16. The lowest BCUT2D eigenvalue weighted by molar-refractivity contribution is -0.224. The lowest BCUT2D eigenvalue weighted by Crippen LogP contribution is -2.38. The summed E-state index contributed by atoms with van der Waals surface area (Å²) < 4.78 is 73.9. The van der Waals surface area contributed by atoms with E-state index in [4.69, 9.17) is 0 Å². The molecule has 34 heavy (non-hydrogen) atoms. The molecule has 192 valence electrons. The van der Waals surface area contributed by atoms with Crippen LogP contribution in [0.25, 0.3) is 0 Å². The van der Waals surface area contributed by atoms with Gasteiger partial charge >= 0.3 is 6.11 Å². The number of unbranched alkanes of at least 4 members (excludes halogenated alkanes) is 1. The molecule has 0 bridgehead atoms. The van der Waals surface area contributed by atoms with Crippen molar-refractivity contribution in [2.75, 3.05) is 0 Å². The Morgan fingerprint density at radius 3 is 1.82 bits per heavy atom. The summed E-state index contributed by atoms with van der Waals surface area (Å²) in [6, 6.07) is 0.958. The van der Waals surface area contributed by atoms with Crippen molar-refractivity contribution in [3.05, 3.63) is 29.6 Å². The molecule has 0 saturated heterocycles. The molecule has 0 aliphatic heterocycles. The van der Waals surface area contributed by atoms with Crippen LogP contribution in [0.2, 0.25) is 0 Å². The summed E-state index contributed by atoms with van der Waals surface area (Å²) in [5, 5.41) is 0. The number of halogens is 5. The fourth-order valence-electron chi connectivity index (χ4n) is 7.14. The molecule has 0 amide bonds. The lowest BCUT2D eigenvalue weighted by atomic mass is 9.67. The number of rotatable bonds is 8. The van der Waals surface area contributed by atoms with Crippen molar-refractivity contribution in [1.29, 1.82) is 0 Å². The second-order valence-corrected chi connectivity index (χ2v) is 11.2. The highest BCUT2D eigenvalue weighted by Gasteiger charge is 2.45. The van der Waals surface area contributed by atoms with E-state index in [-0.39, 0.29) is 0 Å². The van der Waals surface area contributed by atoms with Gasteiger partial charge in [-0.1, -0.05) is 32.6 Å². The van der Waals surface area contributed by atoms with Crippen LogP contribution in [-0.4, -0.2) is 6.11 Å². The molecule has 0 heterocycles. The third-order valence-corrected chi connectivity index (χ3v) is 9.16. The standard InChI is InChI=1S/C28H39F5O/c1-2-3-4-18-5-6-22(15-18)21-9-7-19(8-10-21)20-11-13-23(14-12-20)28(32,33)34-24-16-25(29)27(31)26(30)17-24/h16-23H,2-15H2,1H3. The van der Waals surface area contributed by atoms with Gasteiger partial charge in [0.05, 0.1) is 5.92 Å². The highest BCUT2D eigenvalue weighted by molar-refractivity contribution is 5.25. The largest absolute Gasteiger partial charge is 0.432 e. The predicted molar refractivity (Wildman–Crippen MR) is 123 cm³/mol. The molecule has 3 aliphatic carbocycles. The fraction of sp³-hybridized carbons (Fsp3) is 0.786. The summed E-state index contributed by atoms with van der Waals surface area (Å²) >= 11 is 0. The number of benzene rings is 1. The highest BCUT2D eigenvalue weighted by atomic mass is 19.3. The quantitative estimate of drug-likeness (QED) is 0.263. The van der Waals surface area contributed by atoms with Crippen LogP contribution in [0, 0.1) is 53.0 Å². The summed E-state index contributed by atoms with van der Waals surface area (Å²) in [7, 11) is 0. The number of hydrogen-bond donors (Lipinski definition) is 0. The molecule has 2 unspecified atom stereocenters. The first-order chi connectivity index (χ1) is 16.3. The van der Waals surface area contributed by atoms with Crippen LogP contribution in [0.5, 0.6) is 5.75 Å². The average Bonchev–Trinajstić information content (AvgIpc) is 3.30. The Bertz CT molecular complexity index is 773. The summed E-state index contributed by atoms with van der Waals surface area (Å²) in [6.45, 7) is 2.27. The first kappa shape index (κ1) is 25.8. The van der Waals surface area contributed by atoms with Crippen molar-refractivity contribution in [3.8, 4) is 5.75 Å². The number of ether oxygens (including phenoxy) is 1. The molecule has 1 aromatic rings. The van der Waals surface area contributed by atoms with Crippen LogP contribution in [0.3, 0.4) is 0 Å². The van der Waals surface area contributed by atoms with Crippen LogP contribution in [0.1, 0.15) is 96.8 Å². The van der Waals surface area contributed by atoms with Crippen LogP contribution < -0.4 is 4.74 Å². The van der Waals surface area contributed by atoms with Gasteiger partial charge in [0.1, 0.15) is 5.75 Å². The molecule has 2 atom stereocenters. The second kappa shape index (κ2) is 11.2. The van der Waals surface area contributed by atoms with Crippen molar-refractivity contribution in [2.24, 2.45) is 35.5 Å². The zero-order valence-corrected chi connectivity index (χ0v) is 20.3. The van der Waals surface area contributed by atoms with Gasteiger partial charge in [-0.3, -0.25) is 0 Å². The molecular weight excluding hydrogens is 447 g/mol. The Labute approximate surface area is 200 Å². The summed E-state index contributed by atoms with van der Waals surface area (Å²) in [5.41, 5.74) is 0. The van der Waals surface area contributed by atoms with E-state index in [1.807, 2.05) is 0 Å². The Morgan fingerprint density at radius 2 is 1.26 bits per heavy atom. The van der Waals surface area contributed by atoms with E-state index in [0.717, 1.165) is 30.6 Å². The molecule has 0 aromatic heterocycles. The summed E-state index contributed by atoms with van der Waals surface area (Å²) in [4.78, 5) is 0. The smallest absolute Gasteiger partial charge is 0.400 e. The van der Waals surface area contributed by atoms with Crippen LogP contribution in [0.15, 0.2) is 12.1 Å². The molecule has 0 radical (unpaired) electrons. The van der Waals surface area contributed by atoms with Gasteiger partial charge in [0.25, 0.3) is 0 Å². The fourth-order valence-corrected chi connectivity index (χ4v) is 7.14. The predicted octanol–water partition coefficient (Wildman–Crippen LogP) is 9.29. The monoisotopic (exact) mass is 486 g/mol.